The van der Waals surface area contributed by atoms with Crippen LogP contribution in [0.3, 0.4) is 0 Å². The van der Waals surface area contributed by atoms with Gasteiger partial charge in [-0.15, -0.1) is 0 Å². The molecule has 176 valence electrons. The maximum atomic E-state index is 13.0. The zero-order valence-corrected chi connectivity index (χ0v) is 18.9. The molecule has 1 heterocycles. The van der Waals surface area contributed by atoms with Crippen molar-refractivity contribution >= 4 is 18.0 Å². The van der Waals surface area contributed by atoms with Gasteiger partial charge < -0.3 is 20.1 Å². The first kappa shape index (κ1) is 22.2. The maximum Gasteiger partial charge on any atom is 0.407 e. The van der Waals surface area contributed by atoms with Gasteiger partial charge in [0.25, 0.3) is 0 Å². The van der Waals surface area contributed by atoms with E-state index in [1.807, 2.05) is 36.4 Å². The second kappa shape index (κ2) is 9.33. The van der Waals surface area contributed by atoms with Crippen LogP contribution in [0.1, 0.15) is 42.7 Å². The summed E-state index contributed by atoms with van der Waals surface area (Å²) in [6.07, 6.45) is 5.41. The van der Waals surface area contributed by atoms with E-state index < -0.39 is 18.1 Å². The lowest BCUT2D eigenvalue weighted by molar-refractivity contribution is -0.150. The van der Waals surface area contributed by atoms with Crippen molar-refractivity contribution in [3.8, 4) is 11.1 Å². The van der Waals surface area contributed by atoms with Gasteiger partial charge >= 0.3 is 12.1 Å². The fraction of sp³-hybridized carbons (Fsp3) is 0.370. The summed E-state index contributed by atoms with van der Waals surface area (Å²) in [4.78, 5) is 38.5. The molecule has 3 unspecified atom stereocenters. The lowest BCUT2D eigenvalue weighted by atomic mass is 9.89. The highest BCUT2D eigenvalue weighted by molar-refractivity contribution is 5.86. The van der Waals surface area contributed by atoms with Crippen LogP contribution in [0.5, 0.6) is 0 Å². The summed E-state index contributed by atoms with van der Waals surface area (Å²) in [7, 11) is 0. The average molecular weight is 461 g/mol. The molecule has 2 aromatic carbocycles. The predicted octanol–water partition coefficient (Wildman–Crippen LogP) is 3.94. The second-order valence-corrected chi connectivity index (χ2v) is 9.20. The number of carboxylic acids is 1. The Labute approximate surface area is 198 Å². The lowest BCUT2D eigenvalue weighted by Gasteiger charge is -2.30. The Kier molecular flexibility index (Phi) is 6.09. The third kappa shape index (κ3) is 4.18. The number of alkyl carbamates (subject to hydrolysis) is 1. The quantitative estimate of drug-likeness (QED) is 0.659. The second-order valence-electron chi connectivity index (χ2n) is 9.20. The monoisotopic (exact) mass is 460 g/mol. The molecule has 1 saturated heterocycles. The highest BCUT2D eigenvalue weighted by atomic mass is 16.5. The molecule has 2 aromatic rings. The molecule has 0 radical (unpaired) electrons. The molecule has 3 aliphatic rings. The molecule has 1 aliphatic heterocycles. The largest absolute Gasteiger partial charge is 0.480 e. The third-order valence-electron chi connectivity index (χ3n) is 7.14. The van der Waals surface area contributed by atoms with E-state index in [0.717, 1.165) is 11.1 Å². The zero-order valence-electron chi connectivity index (χ0n) is 18.9. The van der Waals surface area contributed by atoms with Gasteiger partial charge in [0.2, 0.25) is 5.91 Å². The van der Waals surface area contributed by atoms with Crippen LogP contribution in [-0.4, -0.2) is 53.2 Å². The first-order valence-corrected chi connectivity index (χ1v) is 11.8. The van der Waals surface area contributed by atoms with Crippen molar-refractivity contribution < 1.29 is 24.2 Å². The third-order valence-corrected chi connectivity index (χ3v) is 7.14. The van der Waals surface area contributed by atoms with E-state index in [4.69, 9.17) is 4.74 Å². The Morgan fingerprint density at radius 3 is 2.38 bits per heavy atom. The number of likely N-dealkylation sites (tertiary alicyclic amines) is 1. The molecule has 2 N–H and O–H groups in total. The molecule has 2 amide bonds. The summed E-state index contributed by atoms with van der Waals surface area (Å²) >= 11 is 0. The molecule has 34 heavy (non-hydrogen) atoms. The van der Waals surface area contributed by atoms with Gasteiger partial charge in [-0.1, -0.05) is 60.7 Å². The number of hydrogen-bond acceptors (Lipinski definition) is 4. The number of aliphatic carboxylic acids is 1. The van der Waals surface area contributed by atoms with E-state index in [1.54, 1.807) is 0 Å². The minimum Gasteiger partial charge on any atom is -0.480 e. The van der Waals surface area contributed by atoms with Gasteiger partial charge in [-0.05, 0) is 47.9 Å². The number of allylic oxidation sites excluding steroid dienone is 1. The Hall–Kier alpha value is -3.61. The van der Waals surface area contributed by atoms with Gasteiger partial charge in [-0.3, -0.25) is 4.79 Å². The molecule has 3 atom stereocenters. The van der Waals surface area contributed by atoms with E-state index in [0.29, 0.717) is 32.2 Å². The van der Waals surface area contributed by atoms with Gasteiger partial charge in [-0.25, -0.2) is 9.59 Å². The minimum atomic E-state index is -0.953. The minimum absolute atomic E-state index is 0.0162. The van der Waals surface area contributed by atoms with Crippen LogP contribution < -0.4 is 5.32 Å². The smallest absolute Gasteiger partial charge is 0.407 e. The van der Waals surface area contributed by atoms with Crippen LogP contribution in [-0.2, 0) is 14.3 Å². The fourth-order valence-electron chi connectivity index (χ4n) is 5.51. The van der Waals surface area contributed by atoms with Crippen molar-refractivity contribution in [1.29, 1.82) is 0 Å². The van der Waals surface area contributed by atoms with Gasteiger partial charge in [-0.2, -0.15) is 0 Å². The first-order valence-electron chi connectivity index (χ1n) is 11.8. The van der Waals surface area contributed by atoms with Crippen molar-refractivity contribution in [3.05, 3.63) is 71.8 Å². The number of hydrogen-bond donors (Lipinski definition) is 2. The van der Waals surface area contributed by atoms with Crippen molar-refractivity contribution in [2.75, 3.05) is 13.2 Å². The Morgan fingerprint density at radius 2 is 1.71 bits per heavy atom. The molecule has 7 heteroatoms. The first-order chi connectivity index (χ1) is 16.5. The predicted molar refractivity (Wildman–Crippen MR) is 126 cm³/mol. The molecule has 0 saturated carbocycles. The highest BCUT2D eigenvalue weighted by Crippen LogP contribution is 2.44. The number of carbonyl (C=O) groups is 3. The van der Waals surface area contributed by atoms with Gasteiger partial charge in [0.1, 0.15) is 12.6 Å². The fourth-order valence-corrected chi connectivity index (χ4v) is 5.51. The van der Waals surface area contributed by atoms with E-state index in [9.17, 15) is 19.5 Å². The number of nitrogens with one attached hydrogen (secondary N) is 1. The Morgan fingerprint density at radius 1 is 1.03 bits per heavy atom. The molecule has 0 bridgehead atoms. The number of nitrogens with zero attached hydrogens (tertiary/aromatic N) is 1. The van der Waals surface area contributed by atoms with Crippen molar-refractivity contribution in [2.24, 2.45) is 5.92 Å². The number of carbonyl (C=O) groups excluding carboxylic acids is 2. The van der Waals surface area contributed by atoms with E-state index in [2.05, 4.69) is 29.6 Å². The van der Waals surface area contributed by atoms with Crippen LogP contribution in [0, 0.1) is 5.92 Å². The van der Waals surface area contributed by atoms with Crippen LogP contribution in [0.4, 0.5) is 4.79 Å². The maximum absolute atomic E-state index is 13.0. The lowest BCUT2D eigenvalue weighted by Crippen LogP contribution is -2.46. The van der Waals surface area contributed by atoms with Crippen LogP contribution in [0.15, 0.2) is 60.7 Å². The molecule has 0 spiro atoms. The van der Waals surface area contributed by atoms with E-state index in [1.165, 1.54) is 16.0 Å². The molecule has 5 rings (SSSR count). The average Bonchev–Trinajstić information content (AvgIpc) is 3.46. The summed E-state index contributed by atoms with van der Waals surface area (Å²) in [5.41, 5.74) is 4.65. The van der Waals surface area contributed by atoms with E-state index >= 15 is 0 Å². The number of fused-ring (bicyclic) bond motifs is 3. The summed E-state index contributed by atoms with van der Waals surface area (Å²) in [5.74, 6) is -1.46. The van der Waals surface area contributed by atoms with E-state index in [-0.39, 0.29) is 30.4 Å². The number of amides is 2. The molecule has 7 nitrogen and oxygen atoms in total. The van der Waals surface area contributed by atoms with Crippen LogP contribution >= 0.6 is 0 Å². The van der Waals surface area contributed by atoms with Crippen molar-refractivity contribution in [3.63, 3.8) is 0 Å². The zero-order chi connectivity index (χ0) is 23.7. The molecule has 0 aromatic heterocycles. The van der Waals surface area contributed by atoms with Gasteiger partial charge in [0.05, 0.1) is 6.04 Å². The SMILES string of the molecule is O=C(NC1C=CCC(C(=O)N2CCCC2C(=O)O)C1)OCC1c2ccccc2-c2ccccc21. The Bertz CT molecular complexity index is 1100. The number of carboxylic acid groups (broad SMARTS) is 1. The highest BCUT2D eigenvalue weighted by Gasteiger charge is 2.38. The molecular formula is C27H28N2O5. The number of rotatable bonds is 5. The Balaban J connectivity index is 1.19. The number of ether oxygens (including phenoxy) is 1. The normalized spacial score (nSPS) is 23.3. The van der Waals surface area contributed by atoms with Crippen molar-refractivity contribution in [2.45, 2.75) is 43.7 Å². The van der Waals surface area contributed by atoms with Gasteiger partial charge in [0.15, 0.2) is 0 Å². The van der Waals surface area contributed by atoms with Crippen LogP contribution in [0.2, 0.25) is 0 Å². The van der Waals surface area contributed by atoms with Gasteiger partial charge in [0, 0.05) is 18.4 Å². The van der Waals surface area contributed by atoms with Crippen LogP contribution in [0.25, 0.3) is 11.1 Å². The molecular weight excluding hydrogens is 432 g/mol. The molecule has 2 aliphatic carbocycles. The standard InChI is InChI=1S/C27H28N2O5/c30-25(29-14-6-13-24(29)26(31)32)17-7-5-8-18(15-17)28-27(33)34-16-23-21-11-3-1-9-19(21)20-10-2-4-12-22(20)23/h1-5,8-12,17-18,23-24H,6-7,13-16H2,(H,28,33)(H,31,32). The summed E-state index contributed by atoms with van der Waals surface area (Å²) in [6.45, 7) is 0.702. The topological polar surface area (TPSA) is 95.9 Å². The van der Waals surface area contributed by atoms with Crippen molar-refractivity contribution in [1.82, 2.24) is 10.2 Å². The molecule has 1 fully saturated rings. The summed E-state index contributed by atoms with van der Waals surface area (Å²) in [6, 6.07) is 15.3. The summed E-state index contributed by atoms with van der Waals surface area (Å²) in [5, 5.41) is 12.3. The summed E-state index contributed by atoms with van der Waals surface area (Å²) < 4.78 is 5.63. The number of benzene rings is 2.